The minimum Gasteiger partial charge on any atom is -0.287 e. The zero-order chi connectivity index (χ0) is 13.5. The molecule has 0 fully saturated rings. The molecule has 0 aromatic heterocycles. The molecule has 0 saturated heterocycles. The normalized spacial score (nSPS) is 15.6. The summed E-state index contributed by atoms with van der Waals surface area (Å²) in [5.74, 6) is -4.33. The summed E-state index contributed by atoms with van der Waals surface area (Å²) < 4.78 is 63.5. The molecule has 0 amide bonds. The largest absolute Gasteiger partial charge is 0.309 e. The Morgan fingerprint density at radius 1 is 1.24 bits per heavy atom. The van der Waals surface area contributed by atoms with E-state index in [2.05, 4.69) is 0 Å². The highest BCUT2D eigenvalue weighted by Crippen LogP contribution is 2.32. The third-order valence-electron chi connectivity index (χ3n) is 2.12. The van der Waals surface area contributed by atoms with E-state index < -0.39 is 37.8 Å². The molecule has 17 heavy (non-hydrogen) atoms. The van der Waals surface area contributed by atoms with Crippen LogP contribution in [0.2, 0.25) is 0 Å². The van der Waals surface area contributed by atoms with Gasteiger partial charge in [-0.05, 0) is 6.42 Å². The summed E-state index contributed by atoms with van der Waals surface area (Å²) in [5, 5.41) is -0.235. The Morgan fingerprint density at radius 2 is 1.76 bits per heavy atom. The van der Waals surface area contributed by atoms with Crippen molar-refractivity contribution in [2.45, 2.75) is 44.5 Å². The van der Waals surface area contributed by atoms with E-state index in [1.165, 1.54) is 0 Å². The van der Waals surface area contributed by atoms with Gasteiger partial charge in [-0.2, -0.15) is 0 Å². The summed E-state index contributed by atoms with van der Waals surface area (Å²) in [6, 6.07) is 0. The lowest BCUT2D eigenvalue weighted by atomic mass is 10.1. The lowest BCUT2D eigenvalue weighted by molar-refractivity contribution is -0.130. The van der Waals surface area contributed by atoms with Gasteiger partial charge in [-0.1, -0.05) is 18.7 Å². The Hall–Kier alpha value is -0.330. The summed E-state index contributed by atoms with van der Waals surface area (Å²) in [7, 11) is 0. The van der Waals surface area contributed by atoms with E-state index in [0.717, 1.165) is 11.8 Å². The molecule has 2 atom stereocenters. The number of carbonyl (C=O) groups excluding carboxylic acids is 1. The summed E-state index contributed by atoms with van der Waals surface area (Å²) in [6.07, 6.45) is -6.94. The van der Waals surface area contributed by atoms with Gasteiger partial charge in [0.15, 0.2) is 17.5 Å². The molecule has 0 saturated carbocycles. The van der Waals surface area contributed by atoms with Crippen molar-refractivity contribution in [1.82, 2.24) is 0 Å². The molecule has 0 aliphatic carbocycles. The van der Waals surface area contributed by atoms with Gasteiger partial charge in [0.05, 0.1) is 6.67 Å². The van der Waals surface area contributed by atoms with Gasteiger partial charge >= 0.3 is 5.92 Å². The average molecular weight is 278 g/mol. The Morgan fingerprint density at radius 3 is 2.24 bits per heavy atom. The van der Waals surface area contributed by atoms with E-state index in [1.54, 1.807) is 6.92 Å². The van der Waals surface area contributed by atoms with Crippen LogP contribution in [0.4, 0.5) is 22.0 Å². The molecule has 0 radical (unpaired) electrons. The average Bonchev–Trinajstić information content (AvgIpc) is 2.28. The Bertz CT molecular complexity index is 237. The number of halogens is 5. The van der Waals surface area contributed by atoms with Crippen molar-refractivity contribution in [3.63, 3.8) is 0 Å². The molecule has 0 spiro atoms. The van der Waals surface area contributed by atoms with E-state index in [0.29, 0.717) is 0 Å². The number of alkyl halides is 5. The Labute approximate surface area is 101 Å². The van der Waals surface area contributed by atoms with Crippen molar-refractivity contribution in [2.75, 3.05) is 12.4 Å². The van der Waals surface area contributed by atoms with Gasteiger partial charge in [0.2, 0.25) is 0 Å². The lowest BCUT2D eigenvalue weighted by Crippen LogP contribution is -2.40. The van der Waals surface area contributed by atoms with Crippen LogP contribution in [0.3, 0.4) is 0 Å². The first-order valence-electron chi connectivity index (χ1n) is 5.23. The third-order valence-corrected chi connectivity index (χ3v) is 3.17. The fraction of sp³-hybridized carbons (Fsp3) is 0.900. The fourth-order valence-corrected chi connectivity index (χ4v) is 1.81. The fourth-order valence-electron chi connectivity index (χ4n) is 1.06. The van der Waals surface area contributed by atoms with Crippen LogP contribution in [0.15, 0.2) is 0 Å². The maximum atomic E-state index is 13.1. The summed E-state index contributed by atoms with van der Waals surface area (Å²) in [4.78, 5) is 10.8. The highest BCUT2D eigenvalue weighted by Gasteiger charge is 2.47. The number of thioether (sulfide) groups is 1. The first-order chi connectivity index (χ1) is 7.86. The van der Waals surface area contributed by atoms with Crippen LogP contribution in [0.25, 0.3) is 0 Å². The standard InChI is InChI=1S/C10H15F5OS/c1-2-9(16)17-6-4-8(13)10(14,15)7(12)3-5-11/h7-8H,2-6H2,1H3. The van der Waals surface area contributed by atoms with E-state index in [9.17, 15) is 26.7 Å². The summed E-state index contributed by atoms with van der Waals surface area (Å²) in [6.45, 7) is 0.336. The van der Waals surface area contributed by atoms with Crippen LogP contribution in [-0.2, 0) is 4.79 Å². The second kappa shape index (κ2) is 7.89. The number of hydrogen-bond acceptors (Lipinski definition) is 2. The topological polar surface area (TPSA) is 17.1 Å². The molecule has 0 aromatic rings. The SMILES string of the molecule is CCC(=O)SCCC(F)C(F)(F)C(F)CCF. The van der Waals surface area contributed by atoms with E-state index in [4.69, 9.17) is 0 Å². The third kappa shape index (κ3) is 5.70. The number of hydrogen-bond donors (Lipinski definition) is 0. The highest BCUT2D eigenvalue weighted by molar-refractivity contribution is 8.13. The van der Waals surface area contributed by atoms with E-state index in [1.807, 2.05) is 0 Å². The smallest absolute Gasteiger partial charge is 0.287 e. The molecule has 0 bridgehead atoms. The molecule has 0 heterocycles. The molecule has 0 aromatic carbocycles. The van der Waals surface area contributed by atoms with E-state index in [-0.39, 0.29) is 17.3 Å². The van der Waals surface area contributed by atoms with Gasteiger partial charge < -0.3 is 0 Å². The molecule has 2 unspecified atom stereocenters. The zero-order valence-corrected chi connectivity index (χ0v) is 10.2. The summed E-state index contributed by atoms with van der Waals surface area (Å²) >= 11 is 0.737. The van der Waals surface area contributed by atoms with Crippen LogP contribution >= 0.6 is 11.8 Å². The van der Waals surface area contributed by atoms with Crippen molar-refractivity contribution >= 4 is 16.9 Å². The van der Waals surface area contributed by atoms with Crippen LogP contribution in [0.1, 0.15) is 26.2 Å². The van der Waals surface area contributed by atoms with Gasteiger partial charge in [0, 0.05) is 18.6 Å². The Kier molecular flexibility index (Phi) is 7.74. The molecule has 1 nitrogen and oxygen atoms in total. The minimum absolute atomic E-state index is 0.133. The van der Waals surface area contributed by atoms with Crippen molar-refractivity contribution in [3.05, 3.63) is 0 Å². The van der Waals surface area contributed by atoms with Gasteiger partial charge in [0.25, 0.3) is 0 Å². The molecule has 7 heteroatoms. The molecule has 0 aliphatic heterocycles. The summed E-state index contributed by atoms with van der Waals surface area (Å²) in [5.41, 5.74) is 0. The first-order valence-corrected chi connectivity index (χ1v) is 6.22. The van der Waals surface area contributed by atoms with Crippen molar-refractivity contribution < 1.29 is 26.7 Å². The molecule has 0 N–H and O–H groups in total. The molecule has 0 aliphatic rings. The van der Waals surface area contributed by atoms with Crippen LogP contribution in [0.5, 0.6) is 0 Å². The number of carbonyl (C=O) groups is 1. The highest BCUT2D eigenvalue weighted by atomic mass is 32.2. The second-order valence-electron chi connectivity index (χ2n) is 3.45. The zero-order valence-electron chi connectivity index (χ0n) is 9.40. The minimum atomic E-state index is -4.19. The Balaban J connectivity index is 4.10. The maximum absolute atomic E-state index is 13.1. The van der Waals surface area contributed by atoms with Gasteiger partial charge in [-0.25, -0.2) is 17.6 Å². The monoisotopic (exact) mass is 278 g/mol. The predicted molar refractivity (Wildman–Crippen MR) is 57.7 cm³/mol. The molecular weight excluding hydrogens is 263 g/mol. The van der Waals surface area contributed by atoms with Crippen LogP contribution in [0, 0.1) is 0 Å². The van der Waals surface area contributed by atoms with Crippen LogP contribution < -0.4 is 0 Å². The van der Waals surface area contributed by atoms with Gasteiger partial charge in [-0.15, -0.1) is 0 Å². The molecular formula is C10H15F5OS. The number of rotatable bonds is 8. The maximum Gasteiger partial charge on any atom is 0.309 e. The molecule has 0 rings (SSSR count). The van der Waals surface area contributed by atoms with Crippen molar-refractivity contribution in [2.24, 2.45) is 0 Å². The predicted octanol–water partition coefficient (Wildman–Crippen LogP) is 3.72. The van der Waals surface area contributed by atoms with Crippen LogP contribution in [-0.4, -0.2) is 35.8 Å². The second-order valence-corrected chi connectivity index (χ2v) is 4.60. The van der Waals surface area contributed by atoms with Crippen molar-refractivity contribution in [1.29, 1.82) is 0 Å². The van der Waals surface area contributed by atoms with E-state index >= 15 is 0 Å². The van der Waals surface area contributed by atoms with Gasteiger partial charge in [0.1, 0.15) is 0 Å². The van der Waals surface area contributed by atoms with Crippen molar-refractivity contribution in [3.8, 4) is 0 Å². The molecule has 102 valence electrons. The first kappa shape index (κ1) is 16.7. The lowest BCUT2D eigenvalue weighted by Gasteiger charge is -2.23. The quantitative estimate of drug-likeness (QED) is 0.629. The van der Waals surface area contributed by atoms with Gasteiger partial charge in [-0.3, -0.25) is 9.18 Å².